The van der Waals surface area contributed by atoms with Crippen molar-refractivity contribution in [3.8, 4) is 0 Å². The number of anilines is 1. The summed E-state index contributed by atoms with van der Waals surface area (Å²) in [5, 5.41) is 8.93. The Morgan fingerprint density at radius 3 is 2.65 bits per heavy atom. The molecule has 0 unspecified atom stereocenters. The number of nitrogens with zero attached hydrogens (tertiary/aromatic N) is 1. The van der Waals surface area contributed by atoms with Crippen molar-refractivity contribution in [2.75, 3.05) is 5.32 Å². The smallest absolute Gasteiger partial charge is 0.406 e. The van der Waals surface area contributed by atoms with E-state index < -0.39 is 18.0 Å². The van der Waals surface area contributed by atoms with Gasteiger partial charge in [0.05, 0.1) is 0 Å². The van der Waals surface area contributed by atoms with Gasteiger partial charge in [0.1, 0.15) is 10.4 Å². The lowest BCUT2D eigenvalue weighted by atomic mass is 10.2. The van der Waals surface area contributed by atoms with Gasteiger partial charge in [-0.15, -0.1) is 13.2 Å². The molecule has 0 saturated carbocycles. The number of hydrogen-bond acceptors (Lipinski definition) is 3. The van der Waals surface area contributed by atoms with Crippen LogP contribution in [0.25, 0.3) is 0 Å². The van der Waals surface area contributed by atoms with Gasteiger partial charge in [0.15, 0.2) is 5.82 Å². The Hall–Kier alpha value is -2.03. The lowest BCUT2D eigenvalue weighted by molar-refractivity contribution is -0.303. The van der Waals surface area contributed by atoms with Crippen LogP contribution in [0, 0.1) is 0 Å². The summed E-state index contributed by atoms with van der Waals surface area (Å²) in [5.41, 5.74) is 0.191. The maximum atomic E-state index is 12.2. The van der Waals surface area contributed by atoms with Crippen molar-refractivity contribution < 1.29 is 22.7 Å². The molecule has 1 aromatic rings. The topological polar surface area (TPSA) is 67.0 Å². The number of ether oxygens (including phenoxy) is 1. The van der Waals surface area contributed by atoms with Crippen LogP contribution < -0.4 is 5.32 Å². The van der Waals surface area contributed by atoms with E-state index in [0.717, 1.165) is 12.2 Å². The molecule has 1 heterocycles. The number of aromatic nitrogens is 2. The number of carbonyl (C=O) groups excluding carboxylic acids is 1. The second kappa shape index (κ2) is 8.56. The molecule has 0 saturated heterocycles. The van der Waals surface area contributed by atoms with E-state index in [1.54, 1.807) is 19.1 Å². The molecule has 1 aromatic heterocycles. The third-order valence-electron chi connectivity index (χ3n) is 2.42. The van der Waals surface area contributed by atoms with Crippen LogP contribution in [-0.4, -0.2) is 22.5 Å². The maximum absolute atomic E-state index is 12.2. The molecule has 0 atom stereocenters. The van der Waals surface area contributed by atoms with Crippen LogP contribution in [0.3, 0.4) is 0 Å². The zero-order valence-corrected chi connectivity index (χ0v) is 14.0. The summed E-state index contributed by atoms with van der Waals surface area (Å²) in [6.07, 6.45) is 0.800. The number of allylic oxidation sites excluding steroid dienone is 3. The van der Waals surface area contributed by atoms with Gasteiger partial charge in [-0.2, -0.15) is 5.10 Å². The molecule has 1 amide bonds. The number of carbonyl (C=O) groups is 1. The lowest BCUT2D eigenvalue weighted by Crippen LogP contribution is -2.14. The first-order chi connectivity index (χ1) is 10.7. The highest BCUT2D eigenvalue weighted by molar-refractivity contribution is 9.10. The van der Waals surface area contributed by atoms with Crippen LogP contribution in [0.2, 0.25) is 0 Å². The van der Waals surface area contributed by atoms with Crippen molar-refractivity contribution in [1.82, 2.24) is 10.2 Å². The van der Waals surface area contributed by atoms with E-state index in [0.29, 0.717) is 11.0 Å². The predicted octanol–water partition coefficient (Wildman–Crippen LogP) is 4.44. The molecular weight excluding hydrogens is 379 g/mol. The van der Waals surface area contributed by atoms with Crippen LogP contribution >= 0.6 is 15.9 Å². The van der Waals surface area contributed by atoms with Crippen LogP contribution in [-0.2, 0) is 9.53 Å². The van der Waals surface area contributed by atoms with Crippen molar-refractivity contribution >= 4 is 27.7 Å². The molecule has 9 heteroatoms. The average molecular weight is 394 g/mol. The molecule has 0 aromatic carbocycles. The van der Waals surface area contributed by atoms with Crippen LogP contribution in [0.5, 0.6) is 0 Å². The fourth-order valence-electron chi connectivity index (χ4n) is 1.50. The highest BCUT2D eigenvalue weighted by Crippen LogP contribution is 2.21. The van der Waals surface area contributed by atoms with Gasteiger partial charge in [0, 0.05) is 11.6 Å². The van der Waals surface area contributed by atoms with Gasteiger partial charge in [-0.05, 0) is 47.5 Å². The molecule has 0 fully saturated rings. The highest BCUT2D eigenvalue weighted by Gasteiger charge is 2.31. The number of alkyl halides is 3. The number of hydrogen-bond donors (Lipinski definition) is 2. The molecule has 23 heavy (non-hydrogen) atoms. The minimum Gasteiger partial charge on any atom is -0.406 e. The molecule has 0 aliphatic heterocycles. The van der Waals surface area contributed by atoms with E-state index in [1.807, 2.05) is 0 Å². The van der Waals surface area contributed by atoms with Gasteiger partial charge in [-0.25, -0.2) is 0 Å². The molecule has 126 valence electrons. The van der Waals surface area contributed by atoms with E-state index in [-0.39, 0.29) is 11.4 Å². The summed E-state index contributed by atoms with van der Waals surface area (Å²) < 4.78 is 41.0. The number of H-pyrrole nitrogens is 1. The van der Waals surface area contributed by atoms with Gasteiger partial charge in [0.25, 0.3) is 5.91 Å². The quantitative estimate of drug-likeness (QED) is 0.426. The zero-order valence-electron chi connectivity index (χ0n) is 12.4. The molecular formula is C14H15BrF3N3O2. The van der Waals surface area contributed by atoms with Crippen molar-refractivity contribution in [2.45, 2.75) is 26.6 Å². The largest absolute Gasteiger partial charge is 0.573 e. The maximum Gasteiger partial charge on any atom is 0.573 e. The molecule has 0 aliphatic rings. The monoisotopic (exact) mass is 393 g/mol. The third-order valence-corrected chi connectivity index (χ3v) is 2.83. The van der Waals surface area contributed by atoms with E-state index >= 15 is 0 Å². The summed E-state index contributed by atoms with van der Waals surface area (Å²) >= 11 is 3.15. The van der Waals surface area contributed by atoms with E-state index in [1.165, 1.54) is 13.0 Å². The molecule has 2 N–H and O–H groups in total. The zero-order chi connectivity index (χ0) is 17.5. The molecule has 0 spiro atoms. The fourth-order valence-corrected chi connectivity index (χ4v) is 1.81. The van der Waals surface area contributed by atoms with Gasteiger partial charge >= 0.3 is 6.36 Å². The van der Waals surface area contributed by atoms with Gasteiger partial charge < -0.3 is 10.1 Å². The van der Waals surface area contributed by atoms with E-state index in [4.69, 9.17) is 0 Å². The SMILES string of the molecule is C\C=C(/C=C\C(=C\CC)C(=O)Nc1cc(Br)[nH]n1)OC(F)(F)F. The van der Waals surface area contributed by atoms with Gasteiger partial charge in [-0.1, -0.05) is 13.0 Å². The van der Waals surface area contributed by atoms with Gasteiger partial charge in [0.2, 0.25) is 0 Å². The summed E-state index contributed by atoms with van der Waals surface area (Å²) in [6.45, 7) is 3.20. The average Bonchev–Trinajstić information content (AvgIpc) is 2.85. The molecule has 0 radical (unpaired) electrons. The lowest BCUT2D eigenvalue weighted by Gasteiger charge is -2.09. The Kier molecular flexibility index (Phi) is 7.08. The van der Waals surface area contributed by atoms with Crippen molar-refractivity contribution in [2.24, 2.45) is 0 Å². The predicted molar refractivity (Wildman–Crippen MR) is 83.3 cm³/mol. The summed E-state index contributed by atoms with van der Waals surface area (Å²) in [5.74, 6) is -0.616. The van der Waals surface area contributed by atoms with E-state index in [2.05, 4.69) is 36.2 Å². The van der Waals surface area contributed by atoms with Crippen LogP contribution in [0.1, 0.15) is 20.3 Å². The van der Waals surface area contributed by atoms with Crippen LogP contribution in [0.4, 0.5) is 19.0 Å². The molecule has 1 rings (SSSR count). The Labute approximate surface area is 139 Å². The van der Waals surface area contributed by atoms with Crippen molar-refractivity contribution in [3.63, 3.8) is 0 Å². The van der Waals surface area contributed by atoms with E-state index in [9.17, 15) is 18.0 Å². The van der Waals surface area contributed by atoms with Crippen molar-refractivity contribution in [3.05, 3.63) is 46.3 Å². The first-order valence-electron chi connectivity index (χ1n) is 6.57. The Morgan fingerprint density at radius 2 is 2.17 bits per heavy atom. The number of nitrogens with one attached hydrogen (secondary N) is 2. The number of rotatable bonds is 6. The minimum absolute atomic E-state index is 0.191. The first-order valence-corrected chi connectivity index (χ1v) is 7.37. The number of amides is 1. The third kappa shape index (κ3) is 7.18. The Balaban J connectivity index is 2.83. The standard InChI is InChI=1S/C14H15BrF3N3O2/c1-3-5-9(6-7-10(4-2)23-14(16,17)18)13(22)19-12-8-11(15)20-21-12/h4-8H,3H2,1-2H3,(H2,19,20,21,22)/b7-6-,9-5-,10-4+. The first kappa shape index (κ1) is 19.0. The van der Waals surface area contributed by atoms with Crippen LogP contribution in [0.15, 0.2) is 46.3 Å². The number of aromatic amines is 1. The second-order valence-electron chi connectivity index (χ2n) is 4.20. The molecule has 0 bridgehead atoms. The highest BCUT2D eigenvalue weighted by atomic mass is 79.9. The summed E-state index contributed by atoms with van der Waals surface area (Å²) in [6, 6.07) is 1.55. The normalized spacial score (nSPS) is 13.5. The number of halogens is 4. The summed E-state index contributed by atoms with van der Waals surface area (Å²) in [4.78, 5) is 12.1. The fraction of sp³-hybridized carbons (Fsp3) is 0.286. The Morgan fingerprint density at radius 1 is 1.48 bits per heavy atom. The molecule has 5 nitrogen and oxygen atoms in total. The second-order valence-corrected chi connectivity index (χ2v) is 5.05. The Bertz CT molecular complexity index is 633. The van der Waals surface area contributed by atoms with Gasteiger partial charge in [-0.3, -0.25) is 9.89 Å². The molecule has 0 aliphatic carbocycles. The summed E-state index contributed by atoms with van der Waals surface area (Å²) in [7, 11) is 0. The van der Waals surface area contributed by atoms with Crippen molar-refractivity contribution in [1.29, 1.82) is 0 Å². The minimum atomic E-state index is -4.79.